The van der Waals surface area contributed by atoms with E-state index in [4.69, 9.17) is 0 Å². The molecule has 0 amide bonds. The minimum Gasteiger partial charge on any atom is -0.318 e. The predicted octanol–water partition coefficient (Wildman–Crippen LogP) is 6.62. The third-order valence-electron chi connectivity index (χ3n) is 6.15. The van der Waals surface area contributed by atoms with Gasteiger partial charge in [-0.3, -0.25) is 4.79 Å². The molecule has 0 saturated carbocycles. The number of nitrogens with zero attached hydrogens (tertiary/aromatic N) is 3. The van der Waals surface area contributed by atoms with E-state index in [1.165, 1.54) is 6.07 Å². The van der Waals surface area contributed by atoms with E-state index in [1.54, 1.807) is 12.5 Å². The number of benzene rings is 3. The lowest BCUT2D eigenvalue weighted by molar-refractivity contribution is -0.141. The number of aldehydes is 1. The van der Waals surface area contributed by atoms with Crippen LogP contribution in [0.15, 0.2) is 116 Å². The van der Waals surface area contributed by atoms with E-state index >= 15 is 0 Å². The molecule has 36 heavy (non-hydrogen) atoms. The van der Waals surface area contributed by atoms with Gasteiger partial charge in [0.05, 0.1) is 12.0 Å². The number of imidazole rings is 1. The van der Waals surface area contributed by atoms with Crippen LogP contribution in [0.4, 0.5) is 13.2 Å². The van der Waals surface area contributed by atoms with E-state index in [-0.39, 0.29) is 11.3 Å². The molecule has 0 spiro atoms. The maximum absolute atomic E-state index is 13.2. The largest absolute Gasteiger partial charge is 0.433 e. The van der Waals surface area contributed by atoms with Crippen LogP contribution in [0.5, 0.6) is 0 Å². The van der Waals surface area contributed by atoms with Gasteiger partial charge in [0.15, 0.2) is 6.29 Å². The van der Waals surface area contributed by atoms with Gasteiger partial charge in [-0.25, -0.2) is 9.97 Å². The number of carbonyl (C=O) groups is 1. The summed E-state index contributed by atoms with van der Waals surface area (Å²) in [6.45, 7) is 0. The SMILES string of the molecule is O=Cc1nc(C(F)(F)F)ccc1-c1cn(C(c2ccccc2)(c2ccccc2)c2ccccc2)cn1. The number of hydrogen-bond donors (Lipinski definition) is 0. The zero-order valence-corrected chi connectivity index (χ0v) is 18.9. The fourth-order valence-electron chi connectivity index (χ4n) is 4.57. The summed E-state index contributed by atoms with van der Waals surface area (Å²) in [4.78, 5) is 19.7. The quantitative estimate of drug-likeness (QED) is 0.202. The van der Waals surface area contributed by atoms with Gasteiger partial charge in [-0.1, -0.05) is 91.0 Å². The molecule has 4 nitrogen and oxygen atoms in total. The summed E-state index contributed by atoms with van der Waals surface area (Å²) >= 11 is 0. The summed E-state index contributed by atoms with van der Waals surface area (Å²) < 4.78 is 41.4. The Bertz CT molecular complexity index is 1380. The zero-order valence-electron chi connectivity index (χ0n) is 18.9. The van der Waals surface area contributed by atoms with Gasteiger partial charge in [0.2, 0.25) is 0 Å². The number of alkyl halides is 3. The van der Waals surface area contributed by atoms with Gasteiger partial charge in [-0.05, 0) is 28.8 Å². The molecule has 2 heterocycles. The number of rotatable bonds is 6. The lowest BCUT2D eigenvalue weighted by Gasteiger charge is -2.37. The number of hydrogen-bond acceptors (Lipinski definition) is 3. The maximum Gasteiger partial charge on any atom is 0.433 e. The van der Waals surface area contributed by atoms with Crippen molar-refractivity contribution < 1.29 is 18.0 Å². The molecule has 5 rings (SSSR count). The third-order valence-corrected chi connectivity index (χ3v) is 6.15. The van der Waals surface area contributed by atoms with Crippen molar-refractivity contribution in [2.75, 3.05) is 0 Å². The zero-order chi connectivity index (χ0) is 25.2. The van der Waals surface area contributed by atoms with E-state index in [9.17, 15) is 18.0 Å². The molecule has 0 fully saturated rings. The fourth-order valence-corrected chi connectivity index (χ4v) is 4.57. The molecular formula is C29H20F3N3O. The van der Waals surface area contributed by atoms with Crippen LogP contribution in [0.3, 0.4) is 0 Å². The van der Waals surface area contributed by atoms with Gasteiger partial charge in [0.25, 0.3) is 0 Å². The van der Waals surface area contributed by atoms with Crippen molar-refractivity contribution in [3.05, 3.63) is 144 Å². The molecule has 5 aromatic rings. The monoisotopic (exact) mass is 483 g/mol. The van der Waals surface area contributed by atoms with Crippen LogP contribution in [-0.2, 0) is 11.7 Å². The van der Waals surface area contributed by atoms with Gasteiger partial charge in [-0.2, -0.15) is 13.2 Å². The normalized spacial score (nSPS) is 11.9. The highest BCUT2D eigenvalue weighted by molar-refractivity contribution is 5.84. The number of halogens is 3. The first kappa shape index (κ1) is 23.2. The molecule has 2 aromatic heterocycles. The molecule has 0 bridgehead atoms. The molecule has 0 aliphatic heterocycles. The lowest BCUT2D eigenvalue weighted by Crippen LogP contribution is -2.36. The summed E-state index contributed by atoms with van der Waals surface area (Å²) in [6.07, 6.45) is -0.958. The molecule has 178 valence electrons. The first-order valence-corrected chi connectivity index (χ1v) is 11.2. The Labute approximate surface area is 205 Å². The van der Waals surface area contributed by atoms with Crippen LogP contribution in [0.25, 0.3) is 11.3 Å². The van der Waals surface area contributed by atoms with E-state index < -0.39 is 17.4 Å². The first-order chi connectivity index (χ1) is 17.4. The highest BCUT2D eigenvalue weighted by Gasteiger charge is 2.39. The number of carbonyl (C=O) groups excluding carboxylic acids is 1. The summed E-state index contributed by atoms with van der Waals surface area (Å²) in [5.74, 6) is 0. The van der Waals surface area contributed by atoms with Crippen LogP contribution >= 0.6 is 0 Å². The average Bonchev–Trinajstić information content (AvgIpc) is 3.40. The molecule has 0 atom stereocenters. The molecular weight excluding hydrogens is 463 g/mol. The highest BCUT2D eigenvalue weighted by Crippen LogP contribution is 2.41. The Kier molecular flexibility index (Phi) is 5.98. The maximum atomic E-state index is 13.2. The molecule has 0 unspecified atom stereocenters. The van der Waals surface area contributed by atoms with Crippen LogP contribution in [0.1, 0.15) is 32.9 Å². The van der Waals surface area contributed by atoms with Crippen LogP contribution in [-0.4, -0.2) is 20.8 Å². The number of aromatic nitrogens is 3. The minimum absolute atomic E-state index is 0.222. The lowest BCUT2D eigenvalue weighted by atomic mass is 9.77. The van der Waals surface area contributed by atoms with E-state index in [1.807, 2.05) is 95.6 Å². The van der Waals surface area contributed by atoms with E-state index in [0.717, 1.165) is 22.8 Å². The highest BCUT2D eigenvalue weighted by atomic mass is 19.4. The van der Waals surface area contributed by atoms with Crippen molar-refractivity contribution in [2.24, 2.45) is 0 Å². The van der Waals surface area contributed by atoms with Crippen molar-refractivity contribution in [1.82, 2.24) is 14.5 Å². The molecule has 0 N–H and O–H groups in total. The van der Waals surface area contributed by atoms with E-state index in [2.05, 4.69) is 9.97 Å². The Hall–Kier alpha value is -4.52. The second-order valence-corrected chi connectivity index (χ2v) is 8.22. The Morgan fingerprint density at radius 1 is 0.694 bits per heavy atom. The van der Waals surface area contributed by atoms with Gasteiger partial charge in [-0.15, -0.1) is 0 Å². The fraction of sp³-hybridized carbons (Fsp3) is 0.0690. The summed E-state index contributed by atoms with van der Waals surface area (Å²) in [6, 6.07) is 31.8. The van der Waals surface area contributed by atoms with Gasteiger partial charge in [0, 0.05) is 11.8 Å². The van der Waals surface area contributed by atoms with Crippen molar-refractivity contribution in [1.29, 1.82) is 0 Å². The minimum atomic E-state index is -4.65. The van der Waals surface area contributed by atoms with Crippen molar-refractivity contribution in [2.45, 2.75) is 11.7 Å². The Balaban J connectivity index is 1.76. The molecule has 0 aliphatic carbocycles. The molecule has 0 radical (unpaired) electrons. The van der Waals surface area contributed by atoms with Gasteiger partial charge < -0.3 is 4.57 Å². The summed E-state index contributed by atoms with van der Waals surface area (Å²) in [5, 5.41) is 0. The molecule has 0 aliphatic rings. The molecule has 3 aromatic carbocycles. The predicted molar refractivity (Wildman–Crippen MR) is 130 cm³/mol. The third kappa shape index (κ3) is 3.98. The smallest absolute Gasteiger partial charge is 0.318 e. The Morgan fingerprint density at radius 3 is 1.64 bits per heavy atom. The summed E-state index contributed by atoms with van der Waals surface area (Å²) in [5.41, 5.74) is 1.17. The summed E-state index contributed by atoms with van der Waals surface area (Å²) in [7, 11) is 0. The molecule has 7 heteroatoms. The topological polar surface area (TPSA) is 47.8 Å². The number of pyridine rings is 1. The van der Waals surface area contributed by atoms with Crippen LogP contribution < -0.4 is 0 Å². The van der Waals surface area contributed by atoms with E-state index in [0.29, 0.717) is 12.0 Å². The molecule has 0 saturated heterocycles. The van der Waals surface area contributed by atoms with Crippen molar-refractivity contribution in [3.8, 4) is 11.3 Å². The van der Waals surface area contributed by atoms with Crippen molar-refractivity contribution in [3.63, 3.8) is 0 Å². The van der Waals surface area contributed by atoms with Gasteiger partial charge >= 0.3 is 6.18 Å². The first-order valence-electron chi connectivity index (χ1n) is 11.2. The second kappa shape index (κ2) is 9.26. The Morgan fingerprint density at radius 2 is 1.19 bits per heavy atom. The van der Waals surface area contributed by atoms with Crippen molar-refractivity contribution >= 4 is 6.29 Å². The standard InChI is InChI=1S/C29H20F3N3O/c30-29(31,32)27-17-16-24(26(19-36)34-27)25-18-35(20-33-25)28(21-10-4-1-5-11-21,22-12-6-2-7-13-22)23-14-8-3-9-15-23/h1-20H. The second-order valence-electron chi connectivity index (χ2n) is 8.22. The van der Waals surface area contributed by atoms with Crippen LogP contribution in [0, 0.1) is 0 Å². The average molecular weight is 483 g/mol. The van der Waals surface area contributed by atoms with Gasteiger partial charge in [0.1, 0.15) is 16.9 Å². The van der Waals surface area contributed by atoms with Crippen LogP contribution in [0.2, 0.25) is 0 Å².